The van der Waals surface area contributed by atoms with Crippen molar-refractivity contribution in [3.8, 4) is 5.75 Å². The Kier molecular flexibility index (Phi) is 5.96. The number of amides is 2. The summed E-state index contributed by atoms with van der Waals surface area (Å²) in [6, 6.07) is 9.95. The van der Waals surface area contributed by atoms with Gasteiger partial charge >= 0.3 is 12.4 Å². The van der Waals surface area contributed by atoms with E-state index in [1.807, 2.05) is 0 Å². The van der Waals surface area contributed by atoms with Crippen LogP contribution in [0.15, 0.2) is 53.4 Å². The standard InChI is InChI=1S/C16H16F3N3O4S/c1-22(10-11-5-7-13(8-6-11)26-16(17,18)19)15(23)21-12-3-2-4-14(9-12)27(20,24)25/h2-9H,10H2,1H3,(H,21,23)(H2,20,24,25). The average Bonchev–Trinajstić information content (AvgIpc) is 2.54. The highest BCUT2D eigenvalue weighted by Gasteiger charge is 2.30. The molecular formula is C16H16F3N3O4S. The monoisotopic (exact) mass is 403 g/mol. The molecule has 0 unspecified atom stereocenters. The summed E-state index contributed by atoms with van der Waals surface area (Å²) in [4.78, 5) is 13.3. The number of benzene rings is 2. The van der Waals surface area contributed by atoms with Gasteiger partial charge in [0.15, 0.2) is 0 Å². The molecule has 11 heteroatoms. The molecule has 27 heavy (non-hydrogen) atoms. The molecule has 2 aromatic rings. The van der Waals surface area contributed by atoms with Crippen molar-refractivity contribution < 1.29 is 31.1 Å². The van der Waals surface area contributed by atoms with E-state index in [0.717, 1.165) is 12.1 Å². The van der Waals surface area contributed by atoms with Crippen molar-refractivity contribution in [2.75, 3.05) is 12.4 Å². The second-order valence-electron chi connectivity index (χ2n) is 5.55. The van der Waals surface area contributed by atoms with Gasteiger partial charge in [-0.2, -0.15) is 0 Å². The predicted octanol–water partition coefficient (Wildman–Crippen LogP) is 2.90. The number of nitrogens with one attached hydrogen (secondary N) is 1. The number of nitrogens with zero attached hydrogens (tertiary/aromatic N) is 1. The van der Waals surface area contributed by atoms with Crippen molar-refractivity contribution in [1.29, 1.82) is 0 Å². The Morgan fingerprint density at radius 2 is 1.81 bits per heavy atom. The lowest BCUT2D eigenvalue weighted by Crippen LogP contribution is -2.30. The van der Waals surface area contributed by atoms with Crippen LogP contribution in [0.25, 0.3) is 0 Å². The Hall–Kier alpha value is -2.79. The molecule has 2 amide bonds. The van der Waals surface area contributed by atoms with Gasteiger partial charge in [0.2, 0.25) is 10.0 Å². The van der Waals surface area contributed by atoms with Gasteiger partial charge < -0.3 is 15.0 Å². The van der Waals surface area contributed by atoms with Gasteiger partial charge in [0.1, 0.15) is 5.75 Å². The first kappa shape index (κ1) is 20.5. The number of ether oxygens (including phenoxy) is 1. The van der Waals surface area contributed by atoms with Gasteiger partial charge in [-0.1, -0.05) is 18.2 Å². The first-order valence-corrected chi connectivity index (χ1v) is 8.98. The van der Waals surface area contributed by atoms with Crippen LogP contribution in [0.2, 0.25) is 0 Å². The van der Waals surface area contributed by atoms with E-state index in [2.05, 4.69) is 10.1 Å². The third kappa shape index (κ3) is 6.46. The Morgan fingerprint density at radius 1 is 1.19 bits per heavy atom. The van der Waals surface area contributed by atoms with Crippen LogP contribution in [-0.4, -0.2) is 32.8 Å². The number of urea groups is 1. The molecule has 0 saturated heterocycles. The zero-order valence-electron chi connectivity index (χ0n) is 14.0. The summed E-state index contributed by atoms with van der Waals surface area (Å²) in [5.41, 5.74) is 0.799. The minimum absolute atomic E-state index is 0.104. The second kappa shape index (κ2) is 7.84. The quantitative estimate of drug-likeness (QED) is 0.801. The van der Waals surface area contributed by atoms with Crippen molar-refractivity contribution >= 4 is 21.7 Å². The molecule has 0 aliphatic heterocycles. The van der Waals surface area contributed by atoms with E-state index in [9.17, 15) is 26.4 Å². The summed E-state index contributed by atoms with van der Waals surface area (Å²) in [7, 11) is -2.43. The molecule has 2 rings (SSSR count). The topological polar surface area (TPSA) is 102 Å². The molecule has 0 spiro atoms. The third-order valence-corrected chi connectivity index (χ3v) is 4.25. The molecule has 146 valence electrons. The van der Waals surface area contributed by atoms with E-state index < -0.39 is 22.4 Å². The Bertz CT molecular complexity index is 915. The van der Waals surface area contributed by atoms with Crippen molar-refractivity contribution in [2.24, 2.45) is 5.14 Å². The summed E-state index contributed by atoms with van der Waals surface area (Å²) < 4.78 is 62.9. The van der Waals surface area contributed by atoms with Crippen molar-refractivity contribution in [3.05, 3.63) is 54.1 Å². The van der Waals surface area contributed by atoms with Crippen LogP contribution in [0.5, 0.6) is 5.75 Å². The maximum absolute atomic E-state index is 12.2. The molecule has 0 aliphatic rings. The van der Waals surface area contributed by atoms with Gasteiger partial charge in [-0.3, -0.25) is 0 Å². The fraction of sp³-hybridized carbons (Fsp3) is 0.188. The first-order valence-electron chi connectivity index (χ1n) is 7.44. The van der Waals surface area contributed by atoms with Gasteiger partial charge in [0, 0.05) is 19.3 Å². The van der Waals surface area contributed by atoms with E-state index in [1.165, 1.54) is 48.3 Å². The van der Waals surface area contributed by atoms with Gasteiger partial charge in [0.05, 0.1) is 4.90 Å². The molecule has 2 aromatic carbocycles. The molecule has 0 aliphatic carbocycles. The SMILES string of the molecule is CN(Cc1ccc(OC(F)(F)F)cc1)C(=O)Nc1cccc(S(N)(=O)=O)c1. The zero-order valence-corrected chi connectivity index (χ0v) is 14.8. The van der Waals surface area contributed by atoms with E-state index in [0.29, 0.717) is 5.56 Å². The number of hydrogen-bond donors (Lipinski definition) is 2. The fourth-order valence-corrected chi connectivity index (χ4v) is 2.67. The van der Waals surface area contributed by atoms with Gasteiger partial charge in [0.25, 0.3) is 0 Å². The third-order valence-electron chi connectivity index (χ3n) is 3.34. The summed E-state index contributed by atoms with van der Waals surface area (Å²) in [5.74, 6) is -0.363. The van der Waals surface area contributed by atoms with Gasteiger partial charge in [-0.15, -0.1) is 13.2 Å². The van der Waals surface area contributed by atoms with E-state index in [-0.39, 0.29) is 22.9 Å². The second-order valence-corrected chi connectivity index (χ2v) is 7.11. The van der Waals surface area contributed by atoms with Crippen LogP contribution >= 0.6 is 0 Å². The molecule has 0 bridgehead atoms. The van der Waals surface area contributed by atoms with Crippen LogP contribution in [0.3, 0.4) is 0 Å². The molecule has 7 nitrogen and oxygen atoms in total. The molecule has 3 N–H and O–H groups in total. The maximum atomic E-state index is 12.2. The minimum atomic E-state index is -4.77. The smallest absolute Gasteiger partial charge is 0.406 e. The largest absolute Gasteiger partial charge is 0.573 e. The number of hydrogen-bond acceptors (Lipinski definition) is 4. The Balaban J connectivity index is 2.00. The zero-order chi connectivity index (χ0) is 20.2. The number of halogens is 3. The lowest BCUT2D eigenvalue weighted by Gasteiger charge is -2.18. The first-order chi connectivity index (χ1) is 12.4. The van der Waals surface area contributed by atoms with E-state index >= 15 is 0 Å². The number of carbonyl (C=O) groups excluding carboxylic acids is 1. The summed E-state index contributed by atoms with van der Waals surface area (Å²) in [6.07, 6.45) is -4.77. The number of alkyl halides is 3. The summed E-state index contributed by atoms with van der Waals surface area (Å²) in [6.45, 7) is 0.104. The lowest BCUT2D eigenvalue weighted by molar-refractivity contribution is -0.274. The van der Waals surface area contributed by atoms with Crippen molar-refractivity contribution in [2.45, 2.75) is 17.8 Å². The molecule has 0 fully saturated rings. The molecule has 0 aromatic heterocycles. The fourth-order valence-electron chi connectivity index (χ4n) is 2.11. The highest BCUT2D eigenvalue weighted by Crippen LogP contribution is 2.23. The molecule has 0 saturated carbocycles. The van der Waals surface area contributed by atoms with Crippen molar-refractivity contribution in [3.63, 3.8) is 0 Å². The number of anilines is 1. The highest BCUT2D eigenvalue weighted by molar-refractivity contribution is 7.89. The van der Waals surface area contributed by atoms with Gasteiger partial charge in [-0.05, 0) is 35.9 Å². The predicted molar refractivity (Wildman–Crippen MR) is 91.4 cm³/mol. The number of nitrogens with two attached hydrogens (primary N) is 1. The van der Waals surface area contributed by atoms with Crippen molar-refractivity contribution in [1.82, 2.24) is 4.90 Å². The minimum Gasteiger partial charge on any atom is -0.406 e. The van der Waals surface area contributed by atoms with Crippen LogP contribution in [0.4, 0.5) is 23.7 Å². The number of primary sulfonamides is 1. The van der Waals surface area contributed by atoms with Crippen LogP contribution in [0, 0.1) is 0 Å². The summed E-state index contributed by atoms with van der Waals surface area (Å²) >= 11 is 0. The molecule has 0 atom stereocenters. The Labute approximate surface area is 153 Å². The summed E-state index contributed by atoms with van der Waals surface area (Å²) in [5, 5.41) is 7.55. The van der Waals surface area contributed by atoms with Crippen LogP contribution in [0.1, 0.15) is 5.56 Å². The van der Waals surface area contributed by atoms with Crippen LogP contribution < -0.4 is 15.2 Å². The number of rotatable bonds is 5. The normalized spacial score (nSPS) is 11.7. The average molecular weight is 403 g/mol. The lowest BCUT2D eigenvalue weighted by atomic mass is 10.2. The number of carbonyl (C=O) groups is 1. The number of sulfonamides is 1. The highest BCUT2D eigenvalue weighted by atomic mass is 32.2. The van der Waals surface area contributed by atoms with E-state index in [1.54, 1.807) is 0 Å². The molecule has 0 radical (unpaired) electrons. The maximum Gasteiger partial charge on any atom is 0.573 e. The van der Waals surface area contributed by atoms with Gasteiger partial charge in [-0.25, -0.2) is 18.4 Å². The Morgan fingerprint density at radius 3 is 2.37 bits per heavy atom. The van der Waals surface area contributed by atoms with E-state index in [4.69, 9.17) is 5.14 Å². The van der Waals surface area contributed by atoms with Crippen LogP contribution in [-0.2, 0) is 16.6 Å². The molecule has 0 heterocycles. The molecular weight excluding hydrogens is 387 g/mol.